The molecular weight excluding hydrogens is 356 g/mol. The van der Waals surface area contributed by atoms with Crippen LogP contribution in [0, 0.1) is 11.6 Å². The van der Waals surface area contributed by atoms with Crippen molar-refractivity contribution in [2.24, 2.45) is 0 Å². The second-order valence-corrected chi connectivity index (χ2v) is 5.55. The van der Waals surface area contributed by atoms with Crippen molar-refractivity contribution in [1.82, 2.24) is 4.98 Å². The number of halogens is 3. The molecule has 1 aromatic heterocycles. The van der Waals surface area contributed by atoms with Crippen molar-refractivity contribution in [1.29, 1.82) is 0 Å². The molecule has 0 saturated heterocycles. The first-order chi connectivity index (χ1) is 9.45. The zero-order valence-corrected chi connectivity index (χ0v) is 12.5. The molecule has 20 heavy (non-hydrogen) atoms. The van der Waals surface area contributed by atoms with E-state index in [1.807, 2.05) is 0 Å². The Hall–Kier alpha value is -1.38. The summed E-state index contributed by atoms with van der Waals surface area (Å²) in [6.45, 7) is 0.0272. The normalized spacial score (nSPS) is 10.8. The van der Waals surface area contributed by atoms with Gasteiger partial charge in [0.25, 0.3) is 0 Å². The Morgan fingerprint density at radius 3 is 2.80 bits per heavy atom. The number of methoxy groups -OCH3 is 1. The molecule has 2 rings (SSSR count). The molecule has 4 nitrogen and oxygen atoms in total. The van der Waals surface area contributed by atoms with Crippen molar-refractivity contribution >= 4 is 33.2 Å². The smallest absolute Gasteiger partial charge is 0.347 e. The van der Waals surface area contributed by atoms with Crippen molar-refractivity contribution in [3.63, 3.8) is 0 Å². The predicted molar refractivity (Wildman–Crippen MR) is 72.8 cm³/mol. The van der Waals surface area contributed by atoms with Gasteiger partial charge in [-0.3, -0.25) is 0 Å². The molecular formula is C12H8BrF2NO3S. The fourth-order valence-electron chi connectivity index (χ4n) is 1.56. The topological polar surface area (TPSA) is 59.4 Å². The first-order valence-electron chi connectivity index (χ1n) is 5.31. The van der Waals surface area contributed by atoms with Crippen LogP contribution < -0.4 is 0 Å². The number of carboxylic acid groups (broad SMARTS) is 1. The van der Waals surface area contributed by atoms with E-state index < -0.39 is 17.6 Å². The molecule has 1 heterocycles. The first kappa shape index (κ1) is 15.0. The van der Waals surface area contributed by atoms with E-state index in [-0.39, 0.29) is 26.7 Å². The lowest BCUT2D eigenvalue weighted by Gasteiger charge is -2.02. The molecule has 0 aliphatic heterocycles. The summed E-state index contributed by atoms with van der Waals surface area (Å²) in [5.41, 5.74) is 0.537. The number of nitrogens with zero attached hydrogens (tertiary/aromatic N) is 1. The van der Waals surface area contributed by atoms with Gasteiger partial charge in [-0.25, -0.2) is 18.6 Å². The van der Waals surface area contributed by atoms with Crippen molar-refractivity contribution in [2.75, 3.05) is 7.11 Å². The summed E-state index contributed by atoms with van der Waals surface area (Å²) in [4.78, 5) is 15.2. The third kappa shape index (κ3) is 2.72. The van der Waals surface area contributed by atoms with E-state index in [1.54, 1.807) is 0 Å². The molecule has 0 bridgehead atoms. The van der Waals surface area contributed by atoms with E-state index in [0.717, 1.165) is 17.4 Å². The monoisotopic (exact) mass is 363 g/mol. The minimum absolute atomic E-state index is 0.0125. The number of benzene rings is 1. The van der Waals surface area contributed by atoms with Crippen LogP contribution in [0.25, 0.3) is 10.6 Å². The van der Waals surface area contributed by atoms with E-state index in [4.69, 9.17) is 9.84 Å². The molecule has 1 aromatic carbocycles. The zero-order valence-electron chi connectivity index (χ0n) is 10.1. The molecule has 0 aliphatic rings. The predicted octanol–water partition coefficient (Wildman–Crippen LogP) is 3.70. The lowest BCUT2D eigenvalue weighted by atomic mass is 10.2. The average Bonchev–Trinajstić information content (AvgIpc) is 2.80. The highest BCUT2D eigenvalue weighted by atomic mass is 79.9. The van der Waals surface area contributed by atoms with Crippen LogP contribution in [0.15, 0.2) is 16.6 Å². The number of carboxylic acids is 1. The Labute approximate surface area is 125 Å². The molecule has 0 fully saturated rings. The van der Waals surface area contributed by atoms with Gasteiger partial charge in [-0.2, -0.15) is 0 Å². The standard InChI is InChI=1S/C12H8BrF2NO3S/c1-19-4-7-10(12(17)18)20-11(16-7)5-2-3-6(14)9(15)8(5)13/h2-3H,4H2,1H3,(H,17,18). The van der Waals surface area contributed by atoms with Crippen LogP contribution in [0.5, 0.6) is 0 Å². The van der Waals surface area contributed by atoms with Gasteiger partial charge in [0, 0.05) is 12.7 Å². The number of carbonyl (C=O) groups is 1. The fraction of sp³-hybridized carbons (Fsp3) is 0.167. The van der Waals surface area contributed by atoms with Crippen LogP contribution in [0.3, 0.4) is 0 Å². The molecule has 106 valence electrons. The summed E-state index contributed by atoms with van der Waals surface area (Å²) in [6, 6.07) is 2.30. The molecule has 0 unspecified atom stereocenters. The van der Waals surface area contributed by atoms with Gasteiger partial charge in [-0.05, 0) is 28.1 Å². The van der Waals surface area contributed by atoms with Crippen LogP contribution in [0.1, 0.15) is 15.4 Å². The van der Waals surface area contributed by atoms with Crippen molar-refractivity contribution < 1.29 is 23.4 Å². The quantitative estimate of drug-likeness (QED) is 0.841. The van der Waals surface area contributed by atoms with Gasteiger partial charge in [0.15, 0.2) is 11.6 Å². The van der Waals surface area contributed by atoms with Crippen LogP contribution in [0.4, 0.5) is 8.78 Å². The summed E-state index contributed by atoms with van der Waals surface area (Å²) in [5, 5.41) is 9.37. The molecule has 1 N–H and O–H groups in total. The Balaban J connectivity index is 2.56. The van der Waals surface area contributed by atoms with E-state index in [2.05, 4.69) is 20.9 Å². The fourth-order valence-corrected chi connectivity index (χ4v) is 3.14. The zero-order chi connectivity index (χ0) is 14.9. The van der Waals surface area contributed by atoms with Crippen LogP contribution >= 0.6 is 27.3 Å². The van der Waals surface area contributed by atoms with Crippen LogP contribution in [-0.4, -0.2) is 23.2 Å². The summed E-state index contributed by atoms with van der Waals surface area (Å²) in [6.07, 6.45) is 0. The number of rotatable bonds is 4. The number of hydrogen-bond donors (Lipinski definition) is 1. The number of aromatic nitrogens is 1. The number of ether oxygens (including phenoxy) is 1. The Morgan fingerprint density at radius 1 is 1.50 bits per heavy atom. The highest BCUT2D eigenvalue weighted by Gasteiger charge is 2.21. The Kier molecular flexibility index (Phi) is 4.46. The third-order valence-corrected chi connectivity index (χ3v) is 4.33. The summed E-state index contributed by atoms with van der Waals surface area (Å²) >= 11 is 3.83. The molecule has 0 aliphatic carbocycles. The Morgan fingerprint density at radius 2 is 2.20 bits per heavy atom. The van der Waals surface area contributed by atoms with Gasteiger partial charge >= 0.3 is 5.97 Å². The lowest BCUT2D eigenvalue weighted by Crippen LogP contribution is -1.99. The van der Waals surface area contributed by atoms with Crippen LogP contribution in [-0.2, 0) is 11.3 Å². The van der Waals surface area contributed by atoms with Crippen molar-refractivity contribution in [3.05, 3.63) is 38.8 Å². The summed E-state index contributed by atoms with van der Waals surface area (Å²) < 4.78 is 31.4. The lowest BCUT2D eigenvalue weighted by molar-refractivity contribution is 0.0697. The number of thiazole rings is 1. The van der Waals surface area contributed by atoms with Gasteiger partial charge in [0.1, 0.15) is 9.88 Å². The van der Waals surface area contributed by atoms with Crippen molar-refractivity contribution in [2.45, 2.75) is 6.61 Å². The van der Waals surface area contributed by atoms with Gasteiger partial charge in [0.05, 0.1) is 16.8 Å². The van der Waals surface area contributed by atoms with E-state index in [9.17, 15) is 13.6 Å². The summed E-state index contributed by atoms with van der Waals surface area (Å²) in [7, 11) is 1.41. The van der Waals surface area contributed by atoms with Crippen molar-refractivity contribution in [3.8, 4) is 10.6 Å². The molecule has 8 heteroatoms. The SMILES string of the molecule is COCc1nc(-c2ccc(F)c(F)c2Br)sc1C(=O)O. The highest BCUT2D eigenvalue weighted by molar-refractivity contribution is 9.10. The second kappa shape index (κ2) is 5.94. The molecule has 0 spiro atoms. The van der Waals surface area contributed by atoms with Gasteiger partial charge in [0.2, 0.25) is 0 Å². The average molecular weight is 364 g/mol. The van der Waals surface area contributed by atoms with Gasteiger partial charge < -0.3 is 9.84 Å². The Bertz CT molecular complexity index is 675. The molecule has 0 radical (unpaired) electrons. The summed E-state index contributed by atoms with van der Waals surface area (Å²) in [5.74, 6) is -3.17. The molecule has 0 saturated carbocycles. The largest absolute Gasteiger partial charge is 0.477 e. The molecule has 0 atom stereocenters. The third-order valence-electron chi connectivity index (χ3n) is 2.44. The maximum absolute atomic E-state index is 13.5. The van der Waals surface area contributed by atoms with Crippen LogP contribution in [0.2, 0.25) is 0 Å². The highest BCUT2D eigenvalue weighted by Crippen LogP contribution is 2.35. The number of hydrogen-bond acceptors (Lipinski definition) is 4. The van der Waals surface area contributed by atoms with E-state index in [1.165, 1.54) is 13.2 Å². The first-order valence-corrected chi connectivity index (χ1v) is 6.92. The maximum atomic E-state index is 13.5. The number of aromatic carboxylic acids is 1. The van der Waals surface area contributed by atoms with Gasteiger partial charge in [-0.15, -0.1) is 11.3 Å². The second-order valence-electron chi connectivity index (χ2n) is 3.76. The maximum Gasteiger partial charge on any atom is 0.347 e. The molecule has 2 aromatic rings. The van der Waals surface area contributed by atoms with Gasteiger partial charge in [-0.1, -0.05) is 0 Å². The minimum Gasteiger partial charge on any atom is -0.477 e. The molecule has 0 amide bonds. The van der Waals surface area contributed by atoms with E-state index >= 15 is 0 Å². The minimum atomic E-state index is -1.14. The van der Waals surface area contributed by atoms with E-state index in [0.29, 0.717) is 5.56 Å².